The molecule has 0 bridgehead atoms. The van der Waals surface area contributed by atoms with Gasteiger partial charge in [0, 0.05) is 16.3 Å². The zero-order chi connectivity index (χ0) is 28.5. The minimum Gasteiger partial charge on any atom is -0.456 e. The summed E-state index contributed by atoms with van der Waals surface area (Å²) in [5, 5.41) is 8.44. The number of hydrogen-bond donors (Lipinski definition) is 0. The molecule has 2 aliphatic rings. The monoisotopic (exact) mass is 559 g/mol. The molecule has 1 aliphatic carbocycles. The number of rotatable bonds is 1. The molecular weight excluding hydrogens is 538 g/mol. The number of fused-ring (bicyclic) bond motifs is 11. The standard InChI is InChI=1S/C40H21N3O/c1-2-10-23-22(9-1)19-20-31-36(23)37-28-15-7-14-26-24-11-3-4-12-25(24)29(35(26)28)21-32(37)43(31)40-41-30-16-8-18-34-38(30)39(42-40)27-13-5-6-17-33(27)44-34/h1-21H. The van der Waals surface area contributed by atoms with E-state index in [2.05, 4.69) is 102 Å². The van der Waals surface area contributed by atoms with Gasteiger partial charge in [0.15, 0.2) is 0 Å². The second kappa shape index (κ2) is 7.88. The largest absolute Gasteiger partial charge is 0.456 e. The van der Waals surface area contributed by atoms with Crippen LogP contribution in [0.1, 0.15) is 0 Å². The Morgan fingerprint density at radius 1 is 0.455 bits per heavy atom. The molecule has 0 saturated carbocycles. The molecular formula is C40H21N3O. The lowest BCUT2D eigenvalue weighted by molar-refractivity contribution is 0.486. The van der Waals surface area contributed by atoms with Gasteiger partial charge in [0.05, 0.1) is 27.6 Å². The predicted molar refractivity (Wildman–Crippen MR) is 179 cm³/mol. The Bertz CT molecular complexity index is 2750. The lowest BCUT2D eigenvalue weighted by Gasteiger charge is -2.21. The maximum Gasteiger partial charge on any atom is 0.235 e. The topological polar surface area (TPSA) is 39.9 Å². The van der Waals surface area contributed by atoms with Gasteiger partial charge in [-0.1, -0.05) is 91.0 Å². The second-order valence-corrected chi connectivity index (χ2v) is 11.7. The van der Waals surface area contributed by atoms with Crippen molar-refractivity contribution in [3.63, 3.8) is 0 Å². The van der Waals surface area contributed by atoms with E-state index in [9.17, 15) is 0 Å². The molecule has 0 N–H and O–H groups in total. The Kier molecular flexibility index (Phi) is 4.04. The average Bonchev–Trinajstić information content (AvgIpc) is 3.59. The van der Waals surface area contributed by atoms with Crippen LogP contribution in [0.4, 0.5) is 0 Å². The third-order valence-electron chi connectivity index (χ3n) is 9.52. The van der Waals surface area contributed by atoms with Crippen LogP contribution >= 0.6 is 0 Å². The molecule has 7 aromatic carbocycles. The molecule has 0 amide bonds. The number of benzene rings is 7. The number of hydrogen-bond acceptors (Lipinski definition) is 3. The van der Waals surface area contributed by atoms with Crippen LogP contribution in [-0.2, 0) is 0 Å². The van der Waals surface area contributed by atoms with Gasteiger partial charge in [-0.15, -0.1) is 0 Å². The first-order valence-electron chi connectivity index (χ1n) is 14.9. The Morgan fingerprint density at radius 2 is 1.16 bits per heavy atom. The van der Waals surface area contributed by atoms with Gasteiger partial charge < -0.3 is 4.74 Å². The van der Waals surface area contributed by atoms with Crippen LogP contribution in [-0.4, -0.2) is 14.5 Å². The molecule has 0 spiro atoms. The van der Waals surface area contributed by atoms with E-state index in [1.165, 1.54) is 54.6 Å². The van der Waals surface area contributed by atoms with Gasteiger partial charge in [0.2, 0.25) is 5.95 Å². The van der Waals surface area contributed by atoms with Gasteiger partial charge in [-0.2, -0.15) is 0 Å². The summed E-state index contributed by atoms with van der Waals surface area (Å²) in [6.07, 6.45) is 0. The van der Waals surface area contributed by atoms with Crippen molar-refractivity contribution in [1.82, 2.24) is 14.5 Å². The Balaban J connectivity index is 1.36. The highest BCUT2D eigenvalue weighted by Crippen LogP contribution is 2.52. The highest BCUT2D eigenvalue weighted by Gasteiger charge is 2.28. The first kappa shape index (κ1) is 22.6. The summed E-state index contributed by atoms with van der Waals surface area (Å²) >= 11 is 0. The summed E-state index contributed by atoms with van der Waals surface area (Å²) in [7, 11) is 0. The summed E-state index contributed by atoms with van der Waals surface area (Å²) in [5.74, 6) is 2.26. The maximum atomic E-state index is 6.30. The van der Waals surface area contributed by atoms with E-state index in [0.29, 0.717) is 5.95 Å². The maximum absolute atomic E-state index is 6.30. The van der Waals surface area contributed by atoms with E-state index >= 15 is 0 Å². The fourth-order valence-corrected chi connectivity index (χ4v) is 7.74. The van der Waals surface area contributed by atoms with Crippen molar-refractivity contribution in [2.45, 2.75) is 0 Å². The van der Waals surface area contributed by atoms with E-state index in [4.69, 9.17) is 14.7 Å². The van der Waals surface area contributed by atoms with E-state index < -0.39 is 0 Å². The smallest absolute Gasteiger partial charge is 0.235 e. The highest BCUT2D eigenvalue weighted by molar-refractivity contribution is 6.33. The molecule has 0 saturated heterocycles. The van der Waals surface area contributed by atoms with Crippen LogP contribution in [0.25, 0.3) is 93.7 Å². The molecule has 3 heterocycles. The molecule has 0 radical (unpaired) electrons. The fourth-order valence-electron chi connectivity index (χ4n) is 7.74. The van der Waals surface area contributed by atoms with Crippen molar-refractivity contribution in [2.75, 3.05) is 0 Å². The van der Waals surface area contributed by atoms with Crippen molar-refractivity contribution < 1.29 is 4.74 Å². The first-order chi connectivity index (χ1) is 21.8. The Morgan fingerprint density at radius 3 is 2.09 bits per heavy atom. The molecule has 0 fully saturated rings. The molecule has 4 nitrogen and oxygen atoms in total. The molecule has 1 aliphatic heterocycles. The van der Waals surface area contributed by atoms with Crippen LogP contribution in [0, 0.1) is 0 Å². The summed E-state index contributed by atoms with van der Waals surface area (Å²) in [5.41, 5.74) is 10.1. The lowest BCUT2D eigenvalue weighted by atomic mass is 9.96. The summed E-state index contributed by atoms with van der Waals surface area (Å²) in [4.78, 5) is 10.6. The normalized spacial score (nSPS) is 12.7. The van der Waals surface area contributed by atoms with Crippen molar-refractivity contribution in [1.29, 1.82) is 0 Å². The van der Waals surface area contributed by atoms with Crippen LogP contribution in [0.2, 0.25) is 0 Å². The van der Waals surface area contributed by atoms with Crippen LogP contribution in [0.5, 0.6) is 11.5 Å². The van der Waals surface area contributed by atoms with Gasteiger partial charge in [-0.25, -0.2) is 9.97 Å². The minimum absolute atomic E-state index is 0.658. The molecule has 2 aromatic heterocycles. The van der Waals surface area contributed by atoms with Gasteiger partial charge in [0.1, 0.15) is 11.5 Å². The van der Waals surface area contributed by atoms with E-state index in [1.54, 1.807) is 0 Å². The van der Waals surface area contributed by atoms with Gasteiger partial charge >= 0.3 is 0 Å². The van der Waals surface area contributed by atoms with Crippen LogP contribution in [0.15, 0.2) is 127 Å². The van der Waals surface area contributed by atoms with Gasteiger partial charge in [-0.05, 0) is 80.2 Å². The molecule has 9 aromatic rings. The van der Waals surface area contributed by atoms with Crippen molar-refractivity contribution >= 4 is 54.3 Å². The third-order valence-corrected chi connectivity index (χ3v) is 9.52. The van der Waals surface area contributed by atoms with Crippen molar-refractivity contribution in [3.8, 4) is 51.0 Å². The van der Waals surface area contributed by atoms with Crippen molar-refractivity contribution in [2.24, 2.45) is 0 Å². The van der Waals surface area contributed by atoms with Crippen molar-refractivity contribution in [3.05, 3.63) is 127 Å². The fraction of sp³-hybridized carbons (Fsp3) is 0. The zero-order valence-electron chi connectivity index (χ0n) is 23.4. The number of nitrogens with zero attached hydrogens (tertiary/aromatic N) is 3. The number of aromatic nitrogens is 3. The zero-order valence-corrected chi connectivity index (χ0v) is 23.4. The Hall–Kier alpha value is -6.00. The SMILES string of the molecule is c1ccc2c(c1)Oc1cccc3nc(-n4c5ccc6ccccc6c5c5c6cccc7c6c(cc54)-c4ccccc4-7)nc-2c13. The van der Waals surface area contributed by atoms with Gasteiger partial charge in [0.25, 0.3) is 0 Å². The highest BCUT2D eigenvalue weighted by atomic mass is 16.5. The van der Waals surface area contributed by atoms with Crippen LogP contribution in [0.3, 0.4) is 0 Å². The second-order valence-electron chi connectivity index (χ2n) is 11.7. The average molecular weight is 560 g/mol. The van der Waals surface area contributed by atoms with E-state index in [0.717, 1.165) is 44.7 Å². The minimum atomic E-state index is 0.658. The molecule has 44 heavy (non-hydrogen) atoms. The molecule has 11 rings (SSSR count). The molecule has 0 unspecified atom stereocenters. The summed E-state index contributed by atoms with van der Waals surface area (Å²) in [6, 6.07) is 45.2. The van der Waals surface area contributed by atoms with Crippen LogP contribution < -0.4 is 4.74 Å². The summed E-state index contributed by atoms with van der Waals surface area (Å²) < 4.78 is 8.58. The predicted octanol–water partition coefficient (Wildman–Crippen LogP) is 10.5. The van der Waals surface area contributed by atoms with Gasteiger partial charge in [-0.3, -0.25) is 4.57 Å². The molecule has 202 valence electrons. The quantitative estimate of drug-likeness (QED) is 0.201. The Labute approximate surface area is 251 Å². The molecule has 4 heteroatoms. The van der Waals surface area contributed by atoms with E-state index in [-0.39, 0.29) is 0 Å². The lowest BCUT2D eigenvalue weighted by Crippen LogP contribution is -2.06. The molecule has 0 atom stereocenters. The summed E-state index contributed by atoms with van der Waals surface area (Å²) in [6.45, 7) is 0. The first-order valence-corrected chi connectivity index (χ1v) is 14.9. The number of ether oxygens (including phenoxy) is 1. The third kappa shape index (κ3) is 2.69. The number of para-hydroxylation sites is 1. The van der Waals surface area contributed by atoms with E-state index in [1.807, 2.05) is 30.3 Å².